The standard InChI is InChI=1S/C15H19N3O5/c1-11-6-12(16-23-11)8-17(2)9-14(19)10-22-15-5-3-4-13(7-15)18(20)21/h3-7,14,19H,8-10H2,1-2H3/t14-/m0/s1. The van der Waals surface area contributed by atoms with Gasteiger partial charge in [-0.25, -0.2) is 0 Å². The molecule has 0 spiro atoms. The molecule has 2 aromatic rings. The van der Waals surface area contributed by atoms with Crippen LogP contribution in [0.15, 0.2) is 34.9 Å². The smallest absolute Gasteiger partial charge is 0.273 e. The molecule has 1 aromatic carbocycles. The summed E-state index contributed by atoms with van der Waals surface area (Å²) in [4.78, 5) is 12.1. The van der Waals surface area contributed by atoms with Gasteiger partial charge in [0.15, 0.2) is 0 Å². The monoisotopic (exact) mass is 321 g/mol. The SMILES string of the molecule is Cc1cc(CN(C)C[C@H](O)COc2cccc([N+](=O)[O-])c2)no1. The molecule has 2 rings (SSSR count). The van der Waals surface area contributed by atoms with Crippen molar-refractivity contribution in [3.8, 4) is 5.75 Å². The number of nitro groups is 1. The molecule has 0 bridgehead atoms. The first-order valence-corrected chi connectivity index (χ1v) is 7.10. The molecule has 0 amide bonds. The molecule has 0 saturated carbocycles. The third-order valence-electron chi connectivity index (χ3n) is 3.10. The number of benzene rings is 1. The third kappa shape index (κ3) is 5.35. The molecule has 0 aliphatic carbocycles. The molecular weight excluding hydrogens is 302 g/mol. The van der Waals surface area contributed by atoms with Crippen molar-refractivity contribution < 1.29 is 19.3 Å². The highest BCUT2D eigenvalue weighted by molar-refractivity contribution is 5.37. The van der Waals surface area contributed by atoms with E-state index in [1.165, 1.54) is 12.1 Å². The van der Waals surface area contributed by atoms with Gasteiger partial charge in [-0.3, -0.25) is 15.0 Å². The van der Waals surface area contributed by atoms with Gasteiger partial charge in [-0.2, -0.15) is 0 Å². The number of non-ortho nitro benzene ring substituents is 1. The fourth-order valence-corrected chi connectivity index (χ4v) is 2.13. The van der Waals surface area contributed by atoms with Crippen molar-refractivity contribution in [2.24, 2.45) is 0 Å². The van der Waals surface area contributed by atoms with Crippen LogP contribution in [0.5, 0.6) is 5.75 Å². The Morgan fingerprint density at radius 1 is 1.48 bits per heavy atom. The fourth-order valence-electron chi connectivity index (χ4n) is 2.13. The van der Waals surface area contributed by atoms with Crippen molar-refractivity contribution in [3.05, 3.63) is 51.9 Å². The molecule has 1 atom stereocenters. The lowest BCUT2D eigenvalue weighted by molar-refractivity contribution is -0.384. The summed E-state index contributed by atoms with van der Waals surface area (Å²) in [5, 5.41) is 24.6. The Kier molecular flexibility index (Phi) is 5.67. The summed E-state index contributed by atoms with van der Waals surface area (Å²) in [6.07, 6.45) is -0.729. The summed E-state index contributed by atoms with van der Waals surface area (Å²) >= 11 is 0. The van der Waals surface area contributed by atoms with Crippen molar-refractivity contribution in [1.82, 2.24) is 10.1 Å². The number of likely N-dealkylation sites (N-methyl/N-ethyl adjacent to an activating group) is 1. The number of rotatable bonds is 8. The molecule has 8 nitrogen and oxygen atoms in total. The van der Waals surface area contributed by atoms with E-state index in [1.54, 1.807) is 12.1 Å². The zero-order valence-electron chi connectivity index (χ0n) is 13.0. The lowest BCUT2D eigenvalue weighted by Gasteiger charge is -2.19. The molecule has 0 saturated heterocycles. The lowest BCUT2D eigenvalue weighted by atomic mass is 10.3. The molecule has 0 aliphatic heterocycles. The van der Waals surface area contributed by atoms with Crippen LogP contribution in [0.4, 0.5) is 5.69 Å². The van der Waals surface area contributed by atoms with Crippen LogP contribution in [-0.2, 0) is 6.54 Å². The molecular formula is C15H19N3O5. The Labute approximate surface area is 133 Å². The Balaban J connectivity index is 1.79. The average molecular weight is 321 g/mol. The van der Waals surface area contributed by atoms with Gasteiger partial charge in [0.25, 0.3) is 5.69 Å². The Hall–Kier alpha value is -2.45. The second kappa shape index (κ2) is 7.70. The molecule has 0 radical (unpaired) electrons. The number of aliphatic hydroxyl groups is 1. The summed E-state index contributed by atoms with van der Waals surface area (Å²) in [6, 6.07) is 7.70. The van der Waals surface area contributed by atoms with Crippen LogP contribution in [0.2, 0.25) is 0 Å². The Morgan fingerprint density at radius 3 is 2.91 bits per heavy atom. The average Bonchev–Trinajstić information content (AvgIpc) is 2.90. The van der Waals surface area contributed by atoms with Gasteiger partial charge in [-0.15, -0.1) is 0 Å². The largest absolute Gasteiger partial charge is 0.491 e. The lowest BCUT2D eigenvalue weighted by Crippen LogP contribution is -2.32. The van der Waals surface area contributed by atoms with Crippen LogP contribution in [0.25, 0.3) is 0 Å². The zero-order valence-corrected chi connectivity index (χ0v) is 13.0. The molecule has 124 valence electrons. The van der Waals surface area contributed by atoms with E-state index in [2.05, 4.69) is 5.16 Å². The zero-order chi connectivity index (χ0) is 16.8. The van der Waals surface area contributed by atoms with E-state index in [0.29, 0.717) is 18.8 Å². The molecule has 8 heteroatoms. The number of hydrogen-bond acceptors (Lipinski definition) is 7. The minimum atomic E-state index is -0.729. The van der Waals surface area contributed by atoms with Crippen molar-refractivity contribution in [2.45, 2.75) is 19.6 Å². The van der Waals surface area contributed by atoms with E-state index in [9.17, 15) is 15.2 Å². The van der Waals surface area contributed by atoms with Gasteiger partial charge in [0.2, 0.25) is 0 Å². The fraction of sp³-hybridized carbons (Fsp3) is 0.400. The number of aliphatic hydroxyl groups excluding tert-OH is 1. The molecule has 0 aliphatic rings. The highest BCUT2D eigenvalue weighted by Crippen LogP contribution is 2.19. The Morgan fingerprint density at radius 2 is 2.26 bits per heavy atom. The second-order valence-corrected chi connectivity index (χ2v) is 5.34. The maximum Gasteiger partial charge on any atom is 0.273 e. The first kappa shape index (κ1) is 16.9. The highest BCUT2D eigenvalue weighted by atomic mass is 16.6. The molecule has 1 aromatic heterocycles. The Bertz CT molecular complexity index is 658. The summed E-state index contributed by atoms with van der Waals surface area (Å²) in [6.45, 7) is 2.79. The summed E-state index contributed by atoms with van der Waals surface area (Å²) in [7, 11) is 1.85. The van der Waals surface area contributed by atoms with Crippen LogP contribution in [0.1, 0.15) is 11.5 Å². The van der Waals surface area contributed by atoms with Crippen LogP contribution in [0, 0.1) is 17.0 Å². The predicted octanol–water partition coefficient (Wildman–Crippen LogP) is 1.76. The minimum absolute atomic E-state index is 0.0450. The van der Waals surface area contributed by atoms with Gasteiger partial charge in [0, 0.05) is 25.2 Å². The molecule has 0 fully saturated rings. The topological polar surface area (TPSA) is 102 Å². The number of hydrogen-bond donors (Lipinski definition) is 1. The minimum Gasteiger partial charge on any atom is -0.491 e. The van der Waals surface area contributed by atoms with Gasteiger partial charge in [0.05, 0.1) is 16.7 Å². The van der Waals surface area contributed by atoms with Crippen LogP contribution in [0.3, 0.4) is 0 Å². The van der Waals surface area contributed by atoms with E-state index in [4.69, 9.17) is 9.26 Å². The van der Waals surface area contributed by atoms with Crippen LogP contribution < -0.4 is 4.74 Å². The molecule has 0 unspecified atom stereocenters. The number of aromatic nitrogens is 1. The first-order valence-electron chi connectivity index (χ1n) is 7.10. The van der Waals surface area contributed by atoms with Crippen molar-refractivity contribution in [3.63, 3.8) is 0 Å². The van der Waals surface area contributed by atoms with Crippen molar-refractivity contribution in [2.75, 3.05) is 20.2 Å². The quantitative estimate of drug-likeness (QED) is 0.584. The van der Waals surface area contributed by atoms with Crippen molar-refractivity contribution >= 4 is 5.69 Å². The van der Waals surface area contributed by atoms with Gasteiger partial charge < -0.3 is 14.4 Å². The van der Waals surface area contributed by atoms with E-state index >= 15 is 0 Å². The first-order chi connectivity index (χ1) is 10.9. The summed E-state index contributed by atoms with van der Waals surface area (Å²) in [5.74, 6) is 1.09. The number of nitrogens with zero attached hydrogens (tertiary/aromatic N) is 3. The molecule has 1 heterocycles. The summed E-state index contributed by atoms with van der Waals surface area (Å²) in [5.41, 5.74) is 0.743. The van der Waals surface area contributed by atoms with Gasteiger partial charge >= 0.3 is 0 Å². The van der Waals surface area contributed by atoms with E-state index in [0.717, 1.165) is 11.5 Å². The number of aryl methyl sites for hydroxylation is 1. The maximum absolute atomic E-state index is 10.7. The molecule has 23 heavy (non-hydrogen) atoms. The highest BCUT2D eigenvalue weighted by Gasteiger charge is 2.12. The van der Waals surface area contributed by atoms with E-state index in [-0.39, 0.29) is 12.3 Å². The second-order valence-electron chi connectivity index (χ2n) is 5.34. The number of nitro benzene ring substituents is 1. The van der Waals surface area contributed by atoms with E-state index in [1.807, 2.05) is 24.9 Å². The predicted molar refractivity (Wildman–Crippen MR) is 82.2 cm³/mol. The van der Waals surface area contributed by atoms with Gasteiger partial charge in [-0.1, -0.05) is 11.2 Å². The third-order valence-corrected chi connectivity index (χ3v) is 3.10. The van der Waals surface area contributed by atoms with Crippen LogP contribution in [-0.4, -0.2) is 46.4 Å². The van der Waals surface area contributed by atoms with Crippen molar-refractivity contribution in [1.29, 1.82) is 0 Å². The van der Waals surface area contributed by atoms with Gasteiger partial charge in [-0.05, 0) is 20.0 Å². The van der Waals surface area contributed by atoms with Gasteiger partial charge in [0.1, 0.15) is 24.2 Å². The van der Waals surface area contributed by atoms with E-state index < -0.39 is 11.0 Å². The molecule has 1 N–H and O–H groups in total. The maximum atomic E-state index is 10.7. The normalized spacial score (nSPS) is 12.3. The number of ether oxygens (including phenoxy) is 1. The summed E-state index contributed by atoms with van der Waals surface area (Å²) < 4.78 is 10.4. The van der Waals surface area contributed by atoms with Crippen LogP contribution >= 0.6 is 0 Å².